The number of rotatable bonds is 5. The van der Waals surface area contributed by atoms with E-state index in [-0.39, 0.29) is 12.0 Å². The molecule has 7 heteroatoms. The number of anilines is 2. The third-order valence-electron chi connectivity index (χ3n) is 5.09. The monoisotopic (exact) mass is 386 g/mol. The van der Waals surface area contributed by atoms with Crippen molar-refractivity contribution in [2.24, 2.45) is 0 Å². The van der Waals surface area contributed by atoms with E-state index < -0.39 is 0 Å². The van der Waals surface area contributed by atoms with Crippen LogP contribution < -0.4 is 10.2 Å². The minimum atomic E-state index is -0.297. The molecular formula is C20H26N4O2S. The zero-order chi connectivity index (χ0) is 18.8. The highest BCUT2D eigenvalue weighted by Gasteiger charge is 2.24. The van der Waals surface area contributed by atoms with E-state index in [0.717, 1.165) is 49.7 Å². The zero-order valence-electron chi connectivity index (χ0n) is 15.9. The van der Waals surface area contributed by atoms with Crippen LogP contribution in [-0.4, -0.2) is 49.1 Å². The maximum atomic E-state index is 12.3. The van der Waals surface area contributed by atoms with Gasteiger partial charge in [0.05, 0.1) is 0 Å². The number of aromatic nitrogens is 1. The number of thiazole rings is 1. The topological polar surface area (TPSA) is 57.7 Å². The molecule has 0 aliphatic carbocycles. The van der Waals surface area contributed by atoms with Crippen LogP contribution in [0.5, 0.6) is 0 Å². The molecule has 3 heterocycles. The number of benzene rings is 1. The van der Waals surface area contributed by atoms with Gasteiger partial charge >= 0.3 is 0 Å². The summed E-state index contributed by atoms with van der Waals surface area (Å²) in [7, 11) is 4.04. The van der Waals surface area contributed by atoms with E-state index in [0.29, 0.717) is 6.61 Å². The quantitative estimate of drug-likeness (QED) is 0.856. The number of fused-ring (bicyclic) bond motifs is 1. The Hall–Kier alpha value is -1.96. The van der Waals surface area contributed by atoms with Crippen LogP contribution in [0.3, 0.4) is 0 Å². The van der Waals surface area contributed by atoms with Gasteiger partial charge in [-0.1, -0.05) is 6.07 Å². The number of hydrogen-bond donors (Lipinski definition) is 1. The average Bonchev–Trinajstić information content (AvgIpc) is 3.33. The van der Waals surface area contributed by atoms with Gasteiger partial charge in [-0.25, -0.2) is 4.98 Å². The average molecular weight is 387 g/mol. The lowest BCUT2D eigenvalue weighted by molar-refractivity contribution is -0.124. The van der Waals surface area contributed by atoms with Gasteiger partial charge in [-0.3, -0.25) is 9.69 Å². The van der Waals surface area contributed by atoms with E-state index in [1.807, 2.05) is 31.3 Å². The Morgan fingerprint density at radius 1 is 1.41 bits per heavy atom. The Morgan fingerprint density at radius 2 is 2.30 bits per heavy atom. The summed E-state index contributed by atoms with van der Waals surface area (Å²) >= 11 is 1.74. The van der Waals surface area contributed by atoms with Crippen molar-refractivity contribution in [3.05, 3.63) is 40.4 Å². The van der Waals surface area contributed by atoms with Gasteiger partial charge < -0.3 is 15.0 Å². The number of amides is 1. The van der Waals surface area contributed by atoms with Gasteiger partial charge in [-0.05, 0) is 42.5 Å². The van der Waals surface area contributed by atoms with Crippen LogP contribution in [0, 0.1) is 0 Å². The molecule has 0 bridgehead atoms. The highest BCUT2D eigenvalue weighted by molar-refractivity contribution is 7.15. The lowest BCUT2D eigenvalue weighted by atomic mass is 9.99. The van der Waals surface area contributed by atoms with E-state index in [1.54, 1.807) is 11.3 Å². The van der Waals surface area contributed by atoms with Crippen molar-refractivity contribution >= 4 is 28.1 Å². The first-order valence-corrected chi connectivity index (χ1v) is 10.3. The molecule has 1 unspecified atom stereocenters. The van der Waals surface area contributed by atoms with E-state index in [1.165, 1.54) is 16.0 Å². The SMILES string of the molecule is CN(C)c1ncc(CN2CCc3ccc(NC(=O)C4CCCO4)cc3C2)s1. The van der Waals surface area contributed by atoms with Crippen molar-refractivity contribution < 1.29 is 9.53 Å². The molecule has 144 valence electrons. The zero-order valence-corrected chi connectivity index (χ0v) is 16.7. The molecule has 4 rings (SSSR count). The van der Waals surface area contributed by atoms with Crippen molar-refractivity contribution in [1.82, 2.24) is 9.88 Å². The molecule has 2 aromatic rings. The summed E-state index contributed by atoms with van der Waals surface area (Å²) in [6, 6.07) is 6.27. The summed E-state index contributed by atoms with van der Waals surface area (Å²) in [6.45, 7) is 3.54. The molecule has 27 heavy (non-hydrogen) atoms. The van der Waals surface area contributed by atoms with Crippen molar-refractivity contribution in [2.45, 2.75) is 38.5 Å². The van der Waals surface area contributed by atoms with Crippen LogP contribution in [0.2, 0.25) is 0 Å². The molecular weight excluding hydrogens is 360 g/mol. The van der Waals surface area contributed by atoms with Crippen LogP contribution in [-0.2, 0) is 29.0 Å². The Kier molecular flexibility index (Phi) is 5.43. The predicted octanol–water partition coefficient (Wildman–Crippen LogP) is 2.88. The first-order chi connectivity index (χ1) is 13.1. The van der Waals surface area contributed by atoms with Gasteiger partial charge in [-0.15, -0.1) is 11.3 Å². The van der Waals surface area contributed by atoms with Crippen molar-refractivity contribution in [1.29, 1.82) is 0 Å². The molecule has 2 aliphatic rings. The summed E-state index contributed by atoms with van der Waals surface area (Å²) in [6.07, 6.45) is 4.50. The van der Waals surface area contributed by atoms with E-state index in [9.17, 15) is 4.79 Å². The van der Waals surface area contributed by atoms with Gasteiger partial charge in [0, 0.05) is 57.1 Å². The van der Waals surface area contributed by atoms with Gasteiger partial charge in [0.25, 0.3) is 5.91 Å². The second kappa shape index (κ2) is 7.96. The summed E-state index contributed by atoms with van der Waals surface area (Å²) in [5, 5.41) is 4.06. The number of ether oxygens (including phenoxy) is 1. The molecule has 0 spiro atoms. The molecule has 1 atom stereocenters. The van der Waals surface area contributed by atoms with E-state index in [4.69, 9.17) is 4.74 Å². The fourth-order valence-electron chi connectivity index (χ4n) is 3.63. The number of nitrogens with one attached hydrogen (secondary N) is 1. The van der Waals surface area contributed by atoms with Crippen LogP contribution in [0.15, 0.2) is 24.4 Å². The second-order valence-corrected chi connectivity index (χ2v) is 8.53. The molecule has 0 saturated carbocycles. The molecule has 1 fully saturated rings. The third kappa shape index (κ3) is 4.31. The number of carbonyl (C=O) groups excluding carboxylic acids is 1. The highest BCUT2D eigenvalue weighted by atomic mass is 32.1. The van der Waals surface area contributed by atoms with Gasteiger partial charge in [0.2, 0.25) is 0 Å². The summed E-state index contributed by atoms with van der Waals surface area (Å²) in [4.78, 5) is 22.5. The molecule has 1 aromatic carbocycles. The number of carbonyl (C=O) groups is 1. The van der Waals surface area contributed by atoms with Gasteiger partial charge in [-0.2, -0.15) is 0 Å². The molecule has 1 N–H and O–H groups in total. The minimum Gasteiger partial charge on any atom is -0.368 e. The highest BCUT2D eigenvalue weighted by Crippen LogP contribution is 2.27. The van der Waals surface area contributed by atoms with E-state index >= 15 is 0 Å². The maximum Gasteiger partial charge on any atom is 0.253 e. The lowest BCUT2D eigenvalue weighted by Crippen LogP contribution is -2.30. The molecule has 1 amide bonds. The predicted molar refractivity (Wildman–Crippen MR) is 108 cm³/mol. The van der Waals surface area contributed by atoms with Gasteiger partial charge in [0.15, 0.2) is 5.13 Å². The molecule has 6 nitrogen and oxygen atoms in total. The van der Waals surface area contributed by atoms with Gasteiger partial charge in [0.1, 0.15) is 6.10 Å². The smallest absolute Gasteiger partial charge is 0.253 e. The largest absolute Gasteiger partial charge is 0.368 e. The van der Waals surface area contributed by atoms with E-state index in [2.05, 4.69) is 27.3 Å². The van der Waals surface area contributed by atoms with Crippen molar-refractivity contribution in [2.75, 3.05) is 37.5 Å². The van der Waals surface area contributed by atoms with Crippen molar-refractivity contribution in [3.63, 3.8) is 0 Å². The Morgan fingerprint density at radius 3 is 3.04 bits per heavy atom. The fraction of sp³-hybridized carbons (Fsp3) is 0.500. The maximum absolute atomic E-state index is 12.3. The number of hydrogen-bond acceptors (Lipinski definition) is 6. The molecule has 0 radical (unpaired) electrons. The Bertz CT molecular complexity index is 814. The van der Waals surface area contributed by atoms with Crippen molar-refractivity contribution in [3.8, 4) is 0 Å². The lowest BCUT2D eigenvalue weighted by Gasteiger charge is -2.28. The molecule has 1 saturated heterocycles. The first-order valence-electron chi connectivity index (χ1n) is 9.47. The molecule has 2 aliphatic heterocycles. The fourth-order valence-corrected chi connectivity index (χ4v) is 4.51. The number of nitrogens with zero attached hydrogens (tertiary/aromatic N) is 3. The van der Waals surface area contributed by atoms with Crippen LogP contribution in [0.4, 0.5) is 10.8 Å². The Balaban J connectivity index is 1.40. The summed E-state index contributed by atoms with van der Waals surface area (Å²) in [5.74, 6) is -0.0269. The summed E-state index contributed by atoms with van der Waals surface area (Å²) < 4.78 is 5.47. The second-order valence-electron chi connectivity index (χ2n) is 7.44. The minimum absolute atomic E-state index is 0.0269. The normalized spacial score (nSPS) is 19.7. The Labute approximate surface area is 164 Å². The van der Waals surface area contributed by atoms with Crippen LogP contribution in [0.25, 0.3) is 0 Å². The van der Waals surface area contributed by atoms with Crippen LogP contribution >= 0.6 is 11.3 Å². The molecule has 1 aromatic heterocycles. The standard InChI is InChI=1S/C20H26N4O2S/c1-23(2)20-21-11-17(27-20)13-24-8-7-14-5-6-16(10-15(14)12-24)22-19(25)18-4-3-9-26-18/h5-6,10-11,18H,3-4,7-9,12-13H2,1-2H3,(H,22,25). The first kappa shape index (κ1) is 18.4. The summed E-state index contributed by atoms with van der Waals surface area (Å²) in [5.41, 5.74) is 3.53. The third-order valence-corrected chi connectivity index (χ3v) is 6.24. The van der Waals surface area contributed by atoms with Crippen LogP contribution in [0.1, 0.15) is 28.8 Å².